The summed E-state index contributed by atoms with van der Waals surface area (Å²) >= 11 is 0. The maximum atomic E-state index is 17.1. The molecule has 7 heterocycles. The number of terminal acetylenes is 1. The highest BCUT2D eigenvalue weighted by molar-refractivity contribution is 6.07. The lowest BCUT2D eigenvalue weighted by molar-refractivity contribution is -0.143. The molecule has 19 heteroatoms. The van der Waals surface area contributed by atoms with Gasteiger partial charge in [-0.1, -0.05) is 83.4 Å². The minimum absolute atomic E-state index is 0.0163. The number of aliphatic hydroxyl groups is 1. The Morgan fingerprint density at radius 2 is 1.63 bits per heavy atom. The second kappa shape index (κ2) is 25.0. The Bertz CT molecular complexity index is 3350. The van der Waals surface area contributed by atoms with Gasteiger partial charge in [-0.2, -0.15) is 9.97 Å². The number of nitrogens with one attached hydrogen (secondary N) is 3. The number of aromatic hydroxyl groups is 1. The third-order valence-corrected chi connectivity index (χ3v) is 16.8. The van der Waals surface area contributed by atoms with E-state index in [1.54, 1.807) is 18.3 Å². The Morgan fingerprint density at radius 3 is 2.33 bits per heavy atom. The van der Waals surface area contributed by atoms with E-state index >= 15 is 8.78 Å². The molecule has 0 aliphatic carbocycles. The normalized spacial score (nSPS) is 21.2. The number of nitrogens with zero attached hydrogens (tertiary/aromatic N) is 7. The monoisotopic (exact) mass is 1120 g/mol. The van der Waals surface area contributed by atoms with Gasteiger partial charge >= 0.3 is 6.01 Å². The van der Waals surface area contributed by atoms with Crippen LogP contribution in [-0.4, -0.2) is 140 Å². The molecule has 432 valence electrons. The van der Waals surface area contributed by atoms with Gasteiger partial charge in [0.05, 0.1) is 17.1 Å². The molecule has 2 bridgehead atoms. The summed E-state index contributed by atoms with van der Waals surface area (Å²) in [5, 5.41) is 31.5. The zero-order chi connectivity index (χ0) is 57.8. The van der Waals surface area contributed by atoms with Gasteiger partial charge in [-0.25, -0.2) is 8.78 Å². The van der Waals surface area contributed by atoms with Crippen LogP contribution in [0.5, 0.6) is 11.8 Å². The first-order valence-corrected chi connectivity index (χ1v) is 29.1. The summed E-state index contributed by atoms with van der Waals surface area (Å²) in [7, 11) is 0. The number of aliphatic hydroxyl groups excluding tert-OH is 1. The molecule has 0 radical (unpaired) electrons. The number of aliphatic imine (C=N–C) groups is 1. The summed E-state index contributed by atoms with van der Waals surface area (Å²) < 4.78 is 38.6. The number of likely N-dealkylation sites (tertiary alicyclic amines) is 2. The molecule has 2 aromatic heterocycles. The first-order valence-electron chi connectivity index (χ1n) is 29.1. The highest BCUT2D eigenvalue weighted by Crippen LogP contribution is 2.40. The zero-order valence-electron chi connectivity index (χ0n) is 47.3. The molecule has 5 N–H and O–H groups in total. The smallest absolute Gasteiger partial charge is 0.319 e. The van der Waals surface area contributed by atoms with E-state index in [-0.39, 0.29) is 88.5 Å². The van der Waals surface area contributed by atoms with Gasteiger partial charge in [-0.15, -0.1) is 6.42 Å². The Hall–Kier alpha value is -7.40. The Kier molecular flexibility index (Phi) is 17.6. The number of phenols is 1. The van der Waals surface area contributed by atoms with E-state index in [1.807, 2.05) is 46.0 Å². The van der Waals surface area contributed by atoms with Crippen molar-refractivity contribution in [1.82, 2.24) is 40.7 Å². The molecule has 82 heavy (non-hydrogen) atoms. The maximum absolute atomic E-state index is 17.1. The van der Waals surface area contributed by atoms with Gasteiger partial charge in [0.15, 0.2) is 5.82 Å². The highest BCUT2D eigenvalue weighted by Gasteiger charge is 2.45. The Labute approximate surface area is 477 Å². The number of phenolic OH excluding ortho intramolecular Hbond substituents is 1. The van der Waals surface area contributed by atoms with Gasteiger partial charge in [0, 0.05) is 98.7 Å². The van der Waals surface area contributed by atoms with Crippen LogP contribution >= 0.6 is 0 Å². The molecule has 4 fully saturated rings. The lowest BCUT2D eigenvalue weighted by Crippen LogP contribution is -2.58. The van der Waals surface area contributed by atoms with Crippen molar-refractivity contribution in [1.29, 1.82) is 0 Å². The van der Waals surface area contributed by atoms with Crippen molar-refractivity contribution in [2.75, 3.05) is 44.2 Å². The third-order valence-electron chi connectivity index (χ3n) is 16.8. The minimum atomic E-state index is -1.08. The van der Waals surface area contributed by atoms with Crippen LogP contribution in [0.25, 0.3) is 38.5 Å². The van der Waals surface area contributed by atoms with Gasteiger partial charge in [0.2, 0.25) is 17.7 Å². The van der Waals surface area contributed by atoms with Gasteiger partial charge in [0.1, 0.15) is 46.8 Å². The molecule has 5 aliphatic heterocycles. The van der Waals surface area contributed by atoms with E-state index < -0.39 is 53.0 Å². The summed E-state index contributed by atoms with van der Waals surface area (Å²) in [6, 6.07) is 11.0. The summed E-state index contributed by atoms with van der Waals surface area (Å²) in [5.74, 6) is -0.626. The van der Waals surface area contributed by atoms with Crippen molar-refractivity contribution in [2.24, 2.45) is 10.4 Å². The Morgan fingerprint density at radius 1 is 0.915 bits per heavy atom. The molecule has 4 saturated heterocycles. The minimum Gasteiger partial charge on any atom is -0.508 e. The van der Waals surface area contributed by atoms with Crippen LogP contribution in [0, 0.1) is 29.4 Å². The van der Waals surface area contributed by atoms with Gasteiger partial charge in [-0.05, 0) is 97.8 Å². The zero-order valence-corrected chi connectivity index (χ0v) is 47.3. The second-order valence-electron chi connectivity index (χ2n) is 23.9. The molecule has 4 amide bonds. The topological polar surface area (TPSA) is 215 Å². The first kappa shape index (κ1) is 57.8. The van der Waals surface area contributed by atoms with Gasteiger partial charge in [-0.3, -0.25) is 39.4 Å². The van der Waals surface area contributed by atoms with E-state index in [1.165, 1.54) is 29.2 Å². The number of allylic oxidation sites excluding steroid dienone is 2. The number of imide groups is 1. The van der Waals surface area contributed by atoms with E-state index in [0.717, 1.165) is 94.1 Å². The number of fused-ring (bicyclic) bond motifs is 4. The number of hydrogen-bond donors (Lipinski definition) is 5. The van der Waals surface area contributed by atoms with Crippen LogP contribution in [0.4, 0.5) is 14.6 Å². The van der Waals surface area contributed by atoms with Crippen LogP contribution in [0.15, 0.2) is 65.4 Å². The number of piperazine rings is 1. The molecular formula is C63H74F2N10O7. The number of carbonyl (C=O) groups is 4. The maximum Gasteiger partial charge on any atom is 0.319 e. The molecule has 0 spiro atoms. The number of anilines is 1. The molecular weight excluding hydrogens is 1050 g/mol. The van der Waals surface area contributed by atoms with E-state index in [0.29, 0.717) is 49.1 Å². The molecule has 6 atom stereocenters. The fraction of sp³-hybridized carbons (Fsp3) is 0.492. The molecule has 5 aromatic rings. The fourth-order valence-electron chi connectivity index (χ4n) is 12.4. The Balaban J connectivity index is 0.662. The summed E-state index contributed by atoms with van der Waals surface area (Å²) in [6.45, 7) is 11.2. The first-order chi connectivity index (χ1) is 39.4. The number of ether oxygens (including phenoxy) is 1. The number of pyridine rings is 1. The number of aromatic nitrogens is 3. The molecule has 10 rings (SSSR count). The summed E-state index contributed by atoms with van der Waals surface area (Å²) in [4.78, 5) is 78.4. The van der Waals surface area contributed by atoms with Crippen molar-refractivity contribution in [2.45, 2.75) is 154 Å². The predicted molar refractivity (Wildman–Crippen MR) is 311 cm³/mol. The van der Waals surface area contributed by atoms with Crippen molar-refractivity contribution >= 4 is 62.9 Å². The number of β-amino-alcohol motifs (C(OH)–C–C–N with tert-alkyl or cyclic N) is 1. The quantitative estimate of drug-likeness (QED) is 0.0282. The van der Waals surface area contributed by atoms with Gasteiger partial charge < -0.3 is 35.4 Å². The van der Waals surface area contributed by atoms with Crippen molar-refractivity contribution in [3.8, 4) is 35.4 Å². The number of rotatable bonds is 20. The SMILES string of the molecule is C#Cc1c(F)ccc2cc(O)cc(-c3ncc4c(N5CC6CCC(C5)N6)nc(OC5CCN(CCCCCCCCCCC(=O)NC(C(=O)N6C[C@H](O)C[C@H]6C(=O)NC(=O)c6ccc(C7=C(C)N=CC7)cc6)C(C)(C)C)C5)nc4c3F)c12. The molecule has 0 saturated carbocycles. The number of hydrogen-bond acceptors (Lipinski definition) is 14. The average molecular weight is 1120 g/mol. The van der Waals surface area contributed by atoms with Crippen LogP contribution in [0.2, 0.25) is 0 Å². The second-order valence-corrected chi connectivity index (χ2v) is 23.9. The summed E-state index contributed by atoms with van der Waals surface area (Å²) in [6.07, 6.45) is 19.6. The number of benzene rings is 3. The van der Waals surface area contributed by atoms with E-state index in [2.05, 4.69) is 46.6 Å². The fourth-order valence-corrected chi connectivity index (χ4v) is 12.4. The lowest BCUT2D eigenvalue weighted by atomic mass is 9.85. The van der Waals surface area contributed by atoms with Crippen molar-refractivity contribution < 1.29 is 42.9 Å². The number of halogens is 2. The van der Waals surface area contributed by atoms with Gasteiger partial charge in [0.25, 0.3) is 5.91 Å². The molecule has 5 aliphatic rings. The van der Waals surface area contributed by atoms with Crippen LogP contribution in [0.3, 0.4) is 0 Å². The third kappa shape index (κ3) is 12.9. The standard InChI is InChI=1S/C63H74F2N10O7/c1-6-46-50(64)23-20-40-29-43(76)30-48(53(40)46)55-54(65)56-49(32-67-55)58(74-33-41-21-22-42(34-74)68-41)71-62(70-56)82-45-25-28-73(36-45)27-14-12-10-8-7-9-11-13-15-52(78)69-57(63(3,4)5)61(81)75-35-44(77)31-51(75)60(80)72-59(79)39-18-16-38(17-19-39)47-24-26-66-37(47)2/h1,16-20,23,26,29-30,32,41-42,44-45,51,57,68,76-77H,7-15,21-22,24-25,27-28,31,33-36H2,2-5H3,(H,69,78)(H,72,79,80)/t41?,42?,44-,45?,51+,57?/m1/s1. The average Bonchev–Trinajstić information content (AvgIpc) is 4.39. The molecule has 3 aromatic carbocycles. The van der Waals surface area contributed by atoms with Crippen LogP contribution in [-0.2, 0) is 14.4 Å². The van der Waals surface area contributed by atoms with Crippen molar-refractivity contribution in [3.05, 3.63) is 88.7 Å². The van der Waals surface area contributed by atoms with Crippen LogP contribution < -0.4 is 25.6 Å². The summed E-state index contributed by atoms with van der Waals surface area (Å²) in [5.41, 5.74) is 2.50. The van der Waals surface area contributed by atoms with Crippen LogP contribution in [0.1, 0.15) is 139 Å². The largest absolute Gasteiger partial charge is 0.508 e. The highest BCUT2D eigenvalue weighted by atomic mass is 19.1. The number of amides is 4. The van der Waals surface area contributed by atoms with E-state index in [4.69, 9.17) is 16.1 Å². The molecule has 4 unspecified atom stereocenters. The number of carbonyl (C=O) groups excluding carboxylic acids is 4. The molecule has 17 nitrogen and oxygen atoms in total. The predicted octanol–water partition coefficient (Wildman–Crippen LogP) is 8.37. The lowest BCUT2D eigenvalue weighted by Gasteiger charge is -2.35. The number of unbranched alkanes of at least 4 members (excludes halogenated alkanes) is 7. The van der Waals surface area contributed by atoms with E-state index in [9.17, 15) is 29.4 Å². The van der Waals surface area contributed by atoms with Crippen molar-refractivity contribution in [3.63, 3.8) is 0 Å².